The average molecular weight is 306 g/mol. The molecule has 4 nitrogen and oxygen atoms in total. The minimum atomic E-state index is -1.11. The molecular formula is C18H26O4. The molecule has 0 saturated carbocycles. The second-order valence-corrected chi connectivity index (χ2v) is 6.70. The molecule has 1 aromatic carbocycles. The van der Waals surface area contributed by atoms with Crippen LogP contribution in [0.5, 0.6) is 0 Å². The van der Waals surface area contributed by atoms with Crippen molar-refractivity contribution in [2.24, 2.45) is 5.41 Å². The van der Waals surface area contributed by atoms with Crippen molar-refractivity contribution in [1.82, 2.24) is 0 Å². The lowest BCUT2D eigenvalue weighted by molar-refractivity contribution is -0.00697. The van der Waals surface area contributed by atoms with Crippen LogP contribution in [0.25, 0.3) is 0 Å². The van der Waals surface area contributed by atoms with Gasteiger partial charge in [-0.05, 0) is 30.4 Å². The summed E-state index contributed by atoms with van der Waals surface area (Å²) >= 11 is 0. The lowest BCUT2D eigenvalue weighted by Gasteiger charge is -2.30. The van der Waals surface area contributed by atoms with Gasteiger partial charge in [-0.2, -0.15) is 0 Å². The zero-order valence-electron chi connectivity index (χ0n) is 14.1. The van der Waals surface area contributed by atoms with Crippen molar-refractivity contribution in [1.29, 1.82) is 0 Å². The maximum Gasteiger partial charge on any atom is 0.339 e. The summed E-state index contributed by atoms with van der Waals surface area (Å²) in [7, 11) is 0. The van der Waals surface area contributed by atoms with Crippen molar-refractivity contribution in [3.05, 3.63) is 34.9 Å². The minimum absolute atomic E-state index is 0.0238. The average Bonchev–Trinajstić information content (AvgIpc) is 2.41. The van der Waals surface area contributed by atoms with Crippen LogP contribution in [0.4, 0.5) is 0 Å². The van der Waals surface area contributed by atoms with Crippen molar-refractivity contribution in [2.75, 3.05) is 0 Å². The number of carboxylic acids is 1. The van der Waals surface area contributed by atoms with Crippen molar-refractivity contribution in [3.8, 4) is 0 Å². The number of esters is 1. The maximum absolute atomic E-state index is 12.5. The van der Waals surface area contributed by atoms with Gasteiger partial charge in [0.15, 0.2) is 0 Å². The van der Waals surface area contributed by atoms with Gasteiger partial charge in [0.2, 0.25) is 0 Å². The van der Waals surface area contributed by atoms with Crippen LogP contribution in [0.2, 0.25) is 0 Å². The fraction of sp³-hybridized carbons (Fsp3) is 0.556. The Morgan fingerprint density at radius 3 is 2.41 bits per heavy atom. The van der Waals surface area contributed by atoms with E-state index in [0.29, 0.717) is 5.56 Å². The van der Waals surface area contributed by atoms with Gasteiger partial charge in [0.1, 0.15) is 6.10 Å². The summed E-state index contributed by atoms with van der Waals surface area (Å²) in [4.78, 5) is 23.9. The third kappa shape index (κ3) is 4.58. The minimum Gasteiger partial charge on any atom is -0.478 e. The first-order valence-electron chi connectivity index (χ1n) is 7.72. The molecule has 1 N–H and O–H groups in total. The lowest BCUT2D eigenvalue weighted by Crippen LogP contribution is -2.32. The van der Waals surface area contributed by atoms with Gasteiger partial charge in [0.05, 0.1) is 11.1 Å². The molecule has 0 fully saturated rings. The van der Waals surface area contributed by atoms with Gasteiger partial charge < -0.3 is 9.84 Å². The molecule has 0 spiro atoms. The Morgan fingerprint density at radius 1 is 1.27 bits per heavy atom. The Morgan fingerprint density at radius 2 is 1.91 bits per heavy atom. The van der Waals surface area contributed by atoms with E-state index in [-0.39, 0.29) is 22.6 Å². The number of hydrogen-bond donors (Lipinski definition) is 1. The van der Waals surface area contributed by atoms with E-state index in [0.717, 1.165) is 19.3 Å². The van der Waals surface area contributed by atoms with Gasteiger partial charge in [-0.1, -0.05) is 52.7 Å². The lowest BCUT2D eigenvalue weighted by atomic mass is 9.86. The van der Waals surface area contributed by atoms with Crippen molar-refractivity contribution in [2.45, 2.75) is 60.0 Å². The number of aromatic carboxylic acids is 1. The molecule has 22 heavy (non-hydrogen) atoms. The maximum atomic E-state index is 12.5. The number of hydrogen-bond acceptors (Lipinski definition) is 3. The molecule has 122 valence electrons. The molecule has 0 aliphatic heterocycles. The summed E-state index contributed by atoms with van der Waals surface area (Å²) in [5.41, 5.74) is 0.523. The Bertz CT molecular complexity index is 541. The quantitative estimate of drug-likeness (QED) is 0.788. The van der Waals surface area contributed by atoms with Gasteiger partial charge in [0, 0.05) is 0 Å². The normalized spacial score (nSPS) is 12.8. The first-order valence-corrected chi connectivity index (χ1v) is 7.72. The number of carboxylic acid groups (broad SMARTS) is 1. The first-order chi connectivity index (χ1) is 10.2. The molecule has 0 heterocycles. The van der Waals surface area contributed by atoms with E-state index in [2.05, 4.69) is 6.92 Å². The van der Waals surface area contributed by atoms with Gasteiger partial charge in [-0.3, -0.25) is 0 Å². The summed E-state index contributed by atoms with van der Waals surface area (Å²) in [5, 5.41) is 9.32. The van der Waals surface area contributed by atoms with Crippen LogP contribution in [0.3, 0.4) is 0 Å². The number of rotatable bonds is 6. The Labute approximate surface area is 132 Å². The molecule has 4 heteroatoms. The topological polar surface area (TPSA) is 63.6 Å². The highest BCUT2D eigenvalue weighted by molar-refractivity contribution is 6.03. The highest BCUT2D eigenvalue weighted by Gasteiger charge is 2.29. The zero-order valence-corrected chi connectivity index (χ0v) is 14.1. The van der Waals surface area contributed by atoms with Gasteiger partial charge in [0.25, 0.3) is 0 Å². The molecule has 1 rings (SSSR count). The van der Waals surface area contributed by atoms with E-state index < -0.39 is 11.9 Å². The first kappa shape index (κ1) is 18.2. The van der Waals surface area contributed by atoms with E-state index in [1.807, 2.05) is 20.8 Å². The van der Waals surface area contributed by atoms with Crippen molar-refractivity contribution >= 4 is 11.9 Å². The van der Waals surface area contributed by atoms with Crippen LogP contribution in [0.1, 0.15) is 73.2 Å². The van der Waals surface area contributed by atoms with E-state index in [1.165, 1.54) is 6.07 Å². The summed E-state index contributed by atoms with van der Waals surface area (Å²) in [6.45, 7) is 9.84. The van der Waals surface area contributed by atoms with Crippen molar-refractivity contribution < 1.29 is 19.4 Å². The van der Waals surface area contributed by atoms with Crippen LogP contribution in [-0.2, 0) is 4.74 Å². The summed E-state index contributed by atoms with van der Waals surface area (Å²) in [5.74, 6) is -1.66. The molecule has 0 bridgehead atoms. The molecule has 0 aliphatic rings. The number of ether oxygens (including phenoxy) is 1. The Kier molecular flexibility index (Phi) is 6.15. The fourth-order valence-electron chi connectivity index (χ4n) is 2.37. The summed E-state index contributed by atoms with van der Waals surface area (Å²) in [6.07, 6.45) is 2.53. The second-order valence-electron chi connectivity index (χ2n) is 6.70. The van der Waals surface area contributed by atoms with Gasteiger partial charge in [-0.15, -0.1) is 0 Å². The highest BCUT2D eigenvalue weighted by Crippen LogP contribution is 2.28. The van der Waals surface area contributed by atoms with E-state index >= 15 is 0 Å². The molecule has 0 aliphatic carbocycles. The van der Waals surface area contributed by atoms with Crippen molar-refractivity contribution in [3.63, 3.8) is 0 Å². The second kappa shape index (κ2) is 7.43. The third-order valence-corrected chi connectivity index (χ3v) is 3.74. The van der Waals surface area contributed by atoms with E-state index in [4.69, 9.17) is 4.74 Å². The van der Waals surface area contributed by atoms with Gasteiger partial charge >= 0.3 is 11.9 Å². The smallest absolute Gasteiger partial charge is 0.339 e. The highest BCUT2D eigenvalue weighted by atomic mass is 16.5. The summed E-state index contributed by atoms with van der Waals surface area (Å²) in [6, 6.07) is 4.87. The monoisotopic (exact) mass is 306 g/mol. The van der Waals surface area contributed by atoms with Crippen LogP contribution in [0, 0.1) is 12.3 Å². The van der Waals surface area contributed by atoms with Crippen LogP contribution in [0.15, 0.2) is 18.2 Å². The number of benzene rings is 1. The Hall–Kier alpha value is -1.84. The molecule has 0 amide bonds. The largest absolute Gasteiger partial charge is 0.478 e. The van der Waals surface area contributed by atoms with Gasteiger partial charge in [-0.25, -0.2) is 9.59 Å². The number of aryl methyl sites for hydroxylation is 1. The fourth-order valence-corrected chi connectivity index (χ4v) is 2.37. The predicted octanol–water partition coefficient (Wildman–Crippen LogP) is 4.45. The number of carbonyl (C=O) groups is 2. The predicted molar refractivity (Wildman–Crippen MR) is 86.3 cm³/mol. The molecule has 1 aromatic rings. The Balaban J connectivity index is 3.05. The molecule has 1 atom stereocenters. The van der Waals surface area contributed by atoms with Crippen LogP contribution >= 0.6 is 0 Å². The van der Waals surface area contributed by atoms with Crippen LogP contribution < -0.4 is 0 Å². The van der Waals surface area contributed by atoms with Crippen LogP contribution in [-0.4, -0.2) is 23.1 Å². The number of unbranched alkanes of at least 4 members (excludes halogenated alkanes) is 1. The summed E-state index contributed by atoms with van der Waals surface area (Å²) < 4.78 is 5.65. The number of carbonyl (C=O) groups excluding carboxylic acids is 1. The zero-order chi connectivity index (χ0) is 16.9. The molecular weight excluding hydrogens is 280 g/mol. The molecule has 1 unspecified atom stereocenters. The molecule has 0 aromatic heterocycles. The standard InChI is InChI=1S/C18H26O4/c1-6-7-11-14(18(3,4)5)22-17(21)13-10-8-9-12(2)15(13)16(19)20/h8-10,14H,6-7,11H2,1-5H3,(H,19,20). The molecule has 0 saturated heterocycles. The third-order valence-electron chi connectivity index (χ3n) is 3.74. The van der Waals surface area contributed by atoms with E-state index in [9.17, 15) is 14.7 Å². The SMILES string of the molecule is CCCCC(OC(=O)c1cccc(C)c1C(=O)O)C(C)(C)C. The van der Waals surface area contributed by atoms with E-state index in [1.54, 1.807) is 19.1 Å². The molecule has 0 radical (unpaired) electrons.